The first-order valence-corrected chi connectivity index (χ1v) is 7.10. The summed E-state index contributed by atoms with van der Waals surface area (Å²) in [5.41, 5.74) is 0.390. The normalized spacial score (nSPS) is 19.1. The Kier molecular flexibility index (Phi) is 4.71. The molecule has 0 unspecified atom stereocenters. The molecule has 7 heteroatoms. The van der Waals surface area contributed by atoms with Crippen molar-refractivity contribution in [3.8, 4) is 6.07 Å². The average Bonchev–Trinajstić information content (AvgIpc) is 3.09. The number of amides is 1. The summed E-state index contributed by atoms with van der Waals surface area (Å²) in [5, 5.41) is 13.6. The Balaban J connectivity index is 1.89. The summed E-state index contributed by atoms with van der Waals surface area (Å²) >= 11 is 1.24. The summed E-state index contributed by atoms with van der Waals surface area (Å²) in [7, 11) is 0. The van der Waals surface area contributed by atoms with E-state index in [0.717, 1.165) is 6.42 Å². The maximum Gasteiger partial charge on any atom is 0.336 e. The lowest BCUT2D eigenvalue weighted by Crippen LogP contribution is -2.33. The van der Waals surface area contributed by atoms with Crippen LogP contribution in [0.4, 0.5) is 5.00 Å². The monoisotopic (exact) mass is 294 g/mol. The van der Waals surface area contributed by atoms with E-state index in [1.54, 1.807) is 11.4 Å². The maximum atomic E-state index is 11.9. The van der Waals surface area contributed by atoms with Crippen LogP contribution in [0, 0.1) is 11.3 Å². The summed E-state index contributed by atoms with van der Waals surface area (Å²) in [6, 6.07) is 3.59. The zero-order chi connectivity index (χ0) is 14.5. The highest BCUT2D eigenvalue weighted by Gasteiger charge is 2.28. The van der Waals surface area contributed by atoms with E-state index in [9.17, 15) is 9.59 Å². The van der Waals surface area contributed by atoms with Crippen LogP contribution in [0.2, 0.25) is 0 Å². The number of hydrogen-bond donors (Lipinski definition) is 1. The highest BCUT2D eigenvalue weighted by atomic mass is 32.1. The molecule has 1 aliphatic rings. The van der Waals surface area contributed by atoms with Crippen molar-refractivity contribution in [1.29, 1.82) is 5.26 Å². The van der Waals surface area contributed by atoms with Gasteiger partial charge in [-0.2, -0.15) is 5.26 Å². The molecule has 1 amide bonds. The zero-order valence-corrected chi connectivity index (χ0v) is 11.7. The molecule has 0 bridgehead atoms. The molecule has 1 aromatic rings. The molecule has 0 spiro atoms. The summed E-state index contributed by atoms with van der Waals surface area (Å²) in [5.74, 6) is -0.980. The van der Waals surface area contributed by atoms with E-state index in [4.69, 9.17) is 14.7 Å². The molecule has 1 aliphatic heterocycles. The van der Waals surface area contributed by atoms with Crippen LogP contribution in [0.5, 0.6) is 0 Å². The van der Waals surface area contributed by atoms with Crippen LogP contribution in [0.3, 0.4) is 0 Å². The Hall–Kier alpha value is -1.91. The fraction of sp³-hybridized carbons (Fsp3) is 0.462. The predicted molar refractivity (Wildman–Crippen MR) is 72.2 cm³/mol. The predicted octanol–water partition coefficient (Wildman–Crippen LogP) is 1.67. The van der Waals surface area contributed by atoms with Gasteiger partial charge in [0.25, 0.3) is 5.91 Å². The number of esters is 1. The molecule has 1 saturated heterocycles. The van der Waals surface area contributed by atoms with Crippen LogP contribution in [-0.2, 0) is 19.1 Å². The molecular weight excluding hydrogens is 280 g/mol. The van der Waals surface area contributed by atoms with Gasteiger partial charge < -0.3 is 14.8 Å². The van der Waals surface area contributed by atoms with Crippen LogP contribution >= 0.6 is 11.3 Å². The van der Waals surface area contributed by atoms with Crippen molar-refractivity contribution in [2.75, 3.05) is 11.9 Å². The van der Waals surface area contributed by atoms with E-state index in [1.165, 1.54) is 18.3 Å². The molecule has 0 aliphatic carbocycles. The largest absolute Gasteiger partial charge is 0.451 e. The topological polar surface area (TPSA) is 88.4 Å². The van der Waals surface area contributed by atoms with E-state index < -0.39 is 24.1 Å². The number of rotatable bonds is 4. The zero-order valence-electron chi connectivity index (χ0n) is 10.9. The highest BCUT2D eigenvalue weighted by Crippen LogP contribution is 2.22. The Morgan fingerprint density at radius 3 is 3.10 bits per heavy atom. The van der Waals surface area contributed by atoms with Crippen molar-refractivity contribution in [3.63, 3.8) is 0 Å². The highest BCUT2D eigenvalue weighted by molar-refractivity contribution is 7.14. The van der Waals surface area contributed by atoms with Gasteiger partial charge in [0.1, 0.15) is 11.1 Å². The van der Waals surface area contributed by atoms with E-state index in [-0.39, 0.29) is 0 Å². The minimum absolute atomic E-state index is 0.390. The second kappa shape index (κ2) is 6.50. The second-order valence-electron chi connectivity index (χ2n) is 4.35. The molecule has 1 N–H and O–H groups in total. The standard InChI is InChI=1S/C13H14N2O4S/c1-8(19-13(17)10-3-2-5-18-10)11(16)15-12-9(7-14)4-6-20-12/h4,6,8,10H,2-3,5H2,1H3,(H,15,16)/t8-,10+/m0/s1. The van der Waals surface area contributed by atoms with E-state index in [1.807, 2.05) is 6.07 Å². The van der Waals surface area contributed by atoms with Crippen molar-refractivity contribution in [1.82, 2.24) is 0 Å². The molecule has 20 heavy (non-hydrogen) atoms. The molecule has 0 aromatic carbocycles. The molecule has 106 valence electrons. The number of carbonyl (C=O) groups is 2. The van der Waals surface area contributed by atoms with Gasteiger partial charge >= 0.3 is 5.97 Å². The van der Waals surface area contributed by atoms with Gasteiger partial charge in [-0.1, -0.05) is 0 Å². The number of thiophene rings is 1. The van der Waals surface area contributed by atoms with Gasteiger partial charge in [-0.05, 0) is 31.2 Å². The Morgan fingerprint density at radius 1 is 1.65 bits per heavy atom. The van der Waals surface area contributed by atoms with Gasteiger partial charge in [-0.15, -0.1) is 11.3 Å². The number of nitrogens with zero attached hydrogens (tertiary/aromatic N) is 1. The third-order valence-electron chi connectivity index (χ3n) is 2.88. The van der Waals surface area contributed by atoms with Crippen molar-refractivity contribution >= 4 is 28.2 Å². The molecule has 2 rings (SSSR count). The lowest BCUT2D eigenvalue weighted by Gasteiger charge is -2.15. The maximum absolute atomic E-state index is 11.9. The summed E-state index contributed by atoms with van der Waals surface area (Å²) in [4.78, 5) is 23.6. The number of anilines is 1. The molecule has 0 saturated carbocycles. The Morgan fingerprint density at radius 2 is 2.45 bits per heavy atom. The summed E-state index contributed by atoms with van der Waals surface area (Å²) in [6.45, 7) is 2.03. The minimum atomic E-state index is -0.930. The number of carbonyl (C=O) groups excluding carboxylic acids is 2. The lowest BCUT2D eigenvalue weighted by atomic mass is 10.2. The first-order chi connectivity index (χ1) is 9.61. The van der Waals surface area contributed by atoms with Gasteiger partial charge in [0.15, 0.2) is 12.2 Å². The smallest absolute Gasteiger partial charge is 0.336 e. The van der Waals surface area contributed by atoms with Crippen LogP contribution in [-0.4, -0.2) is 30.7 Å². The molecule has 1 aromatic heterocycles. The molecule has 6 nitrogen and oxygen atoms in total. The number of ether oxygens (including phenoxy) is 2. The third-order valence-corrected chi connectivity index (χ3v) is 3.71. The van der Waals surface area contributed by atoms with Gasteiger partial charge in [-0.3, -0.25) is 4.79 Å². The number of hydrogen-bond acceptors (Lipinski definition) is 6. The van der Waals surface area contributed by atoms with Crippen LogP contribution in [0.1, 0.15) is 25.3 Å². The molecule has 1 fully saturated rings. The van der Waals surface area contributed by atoms with Crippen LogP contribution in [0.25, 0.3) is 0 Å². The van der Waals surface area contributed by atoms with Crippen molar-refractivity contribution in [3.05, 3.63) is 17.0 Å². The fourth-order valence-corrected chi connectivity index (χ4v) is 2.52. The first-order valence-electron chi connectivity index (χ1n) is 6.22. The lowest BCUT2D eigenvalue weighted by molar-refractivity contribution is -0.162. The van der Waals surface area contributed by atoms with Crippen LogP contribution in [0.15, 0.2) is 11.4 Å². The van der Waals surface area contributed by atoms with Gasteiger partial charge in [0.05, 0.1) is 5.56 Å². The fourth-order valence-electron chi connectivity index (χ4n) is 1.77. The number of nitrogens with one attached hydrogen (secondary N) is 1. The van der Waals surface area contributed by atoms with Crippen molar-refractivity contribution in [2.45, 2.75) is 32.0 Å². The Labute approximate surface area is 120 Å². The van der Waals surface area contributed by atoms with Crippen LogP contribution < -0.4 is 5.32 Å². The van der Waals surface area contributed by atoms with Crippen molar-refractivity contribution < 1.29 is 19.1 Å². The second-order valence-corrected chi connectivity index (χ2v) is 5.26. The van der Waals surface area contributed by atoms with E-state index in [0.29, 0.717) is 23.6 Å². The van der Waals surface area contributed by atoms with E-state index in [2.05, 4.69) is 5.32 Å². The van der Waals surface area contributed by atoms with Gasteiger partial charge in [0, 0.05) is 6.61 Å². The SMILES string of the molecule is C[C@H](OC(=O)[C@H]1CCCO1)C(=O)Nc1sccc1C#N. The first kappa shape index (κ1) is 14.5. The van der Waals surface area contributed by atoms with E-state index >= 15 is 0 Å². The quantitative estimate of drug-likeness (QED) is 0.853. The Bertz CT molecular complexity index is 543. The average molecular weight is 294 g/mol. The summed E-state index contributed by atoms with van der Waals surface area (Å²) in [6.07, 6.45) is -0.0559. The molecule has 0 radical (unpaired) electrons. The minimum Gasteiger partial charge on any atom is -0.451 e. The summed E-state index contributed by atoms with van der Waals surface area (Å²) < 4.78 is 10.3. The molecule has 2 heterocycles. The third kappa shape index (κ3) is 3.35. The van der Waals surface area contributed by atoms with Gasteiger partial charge in [-0.25, -0.2) is 4.79 Å². The number of nitriles is 1. The molecular formula is C13H14N2O4S. The van der Waals surface area contributed by atoms with Gasteiger partial charge in [0.2, 0.25) is 0 Å². The van der Waals surface area contributed by atoms with Crippen molar-refractivity contribution in [2.24, 2.45) is 0 Å². The molecule has 2 atom stereocenters.